The predicted molar refractivity (Wildman–Crippen MR) is 56.9 cm³/mol. The summed E-state index contributed by atoms with van der Waals surface area (Å²) in [6, 6.07) is 6.27. The van der Waals surface area contributed by atoms with E-state index in [-0.39, 0.29) is 17.2 Å². The minimum Gasteiger partial charge on any atom is -0.384 e. The zero-order chi connectivity index (χ0) is 12.5. The van der Waals surface area contributed by atoms with Crippen molar-refractivity contribution in [3.05, 3.63) is 42.1 Å². The van der Waals surface area contributed by atoms with Gasteiger partial charge in [-0.15, -0.1) is 0 Å². The Balaban J connectivity index is 2.47. The maximum absolute atomic E-state index is 12.5. The number of nitrogens with zero attached hydrogens (tertiary/aromatic N) is 2. The number of nitrogen functional groups attached to an aromatic ring is 1. The van der Waals surface area contributed by atoms with Crippen molar-refractivity contribution in [1.29, 1.82) is 0 Å². The minimum atomic E-state index is -4.38. The lowest BCUT2D eigenvalue weighted by Crippen LogP contribution is -2.05. The minimum absolute atomic E-state index is 0.177. The van der Waals surface area contributed by atoms with Gasteiger partial charge in [-0.3, -0.25) is 0 Å². The van der Waals surface area contributed by atoms with Crippen LogP contribution in [0.5, 0.6) is 0 Å². The Kier molecular flexibility index (Phi) is 2.71. The van der Waals surface area contributed by atoms with E-state index in [9.17, 15) is 13.2 Å². The van der Waals surface area contributed by atoms with Crippen molar-refractivity contribution >= 4 is 5.82 Å². The van der Waals surface area contributed by atoms with Gasteiger partial charge in [0, 0.05) is 11.8 Å². The van der Waals surface area contributed by atoms with Crippen molar-refractivity contribution in [3.63, 3.8) is 0 Å². The van der Waals surface area contributed by atoms with Crippen LogP contribution in [0.25, 0.3) is 11.4 Å². The molecule has 1 aromatic carbocycles. The highest BCUT2D eigenvalue weighted by atomic mass is 19.4. The SMILES string of the molecule is Nc1ccnc(-c2cccc(C(F)(F)F)c2)n1. The predicted octanol–water partition coefficient (Wildman–Crippen LogP) is 2.74. The molecular weight excluding hydrogens is 231 g/mol. The van der Waals surface area contributed by atoms with Gasteiger partial charge in [-0.2, -0.15) is 13.2 Å². The molecule has 6 heteroatoms. The lowest BCUT2D eigenvalue weighted by atomic mass is 10.1. The molecule has 0 aliphatic carbocycles. The third-order valence-electron chi connectivity index (χ3n) is 2.13. The molecule has 2 aromatic rings. The van der Waals surface area contributed by atoms with E-state index in [1.54, 1.807) is 0 Å². The molecule has 0 aliphatic heterocycles. The Hall–Kier alpha value is -2.11. The molecule has 2 N–H and O–H groups in total. The Morgan fingerprint density at radius 2 is 1.88 bits per heavy atom. The van der Waals surface area contributed by atoms with Crippen LogP contribution < -0.4 is 5.73 Å². The first kappa shape index (κ1) is 11.4. The molecule has 0 bridgehead atoms. The summed E-state index contributed by atoms with van der Waals surface area (Å²) >= 11 is 0. The van der Waals surface area contributed by atoms with Crippen molar-refractivity contribution in [2.75, 3.05) is 5.73 Å². The molecule has 0 atom stereocenters. The van der Waals surface area contributed by atoms with E-state index in [1.807, 2.05) is 0 Å². The van der Waals surface area contributed by atoms with Crippen molar-refractivity contribution in [1.82, 2.24) is 9.97 Å². The molecule has 17 heavy (non-hydrogen) atoms. The second-order valence-corrected chi connectivity index (χ2v) is 3.38. The maximum atomic E-state index is 12.5. The van der Waals surface area contributed by atoms with Crippen LogP contribution in [-0.4, -0.2) is 9.97 Å². The van der Waals surface area contributed by atoms with Crippen LogP contribution in [0, 0.1) is 0 Å². The van der Waals surface area contributed by atoms with Gasteiger partial charge in [-0.25, -0.2) is 9.97 Å². The van der Waals surface area contributed by atoms with Crippen LogP contribution >= 0.6 is 0 Å². The number of nitrogens with two attached hydrogens (primary N) is 1. The van der Waals surface area contributed by atoms with Crippen molar-refractivity contribution < 1.29 is 13.2 Å². The molecule has 1 aromatic heterocycles. The zero-order valence-corrected chi connectivity index (χ0v) is 8.57. The Morgan fingerprint density at radius 3 is 2.53 bits per heavy atom. The molecule has 0 saturated heterocycles. The number of aromatic nitrogens is 2. The van der Waals surface area contributed by atoms with E-state index in [4.69, 9.17) is 5.73 Å². The first-order chi connectivity index (χ1) is 7.97. The molecule has 3 nitrogen and oxygen atoms in total. The van der Waals surface area contributed by atoms with Crippen LogP contribution in [0.1, 0.15) is 5.56 Å². The average molecular weight is 239 g/mol. The summed E-state index contributed by atoms with van der Waals surface area (Å²) in [5.41, 5.74) is 5.00. The van der Waals surface area contributed by atoms with Gasteiger partial charge < -0.3 is 5.73 Å². The lowest BCUT2D eigenvalue weighted by Gasteiger charge is -2.08. The number of alkyl halides is 3. The summed E-state index contributed by atoms with van der Waals surface area (Å²) < 4.78 is 37.5. The van der Waals surface area contributed by atoms with E-state index in [2.05, 4.69) is 9.97 Å². The highest BCUT2D eigenvalue weighted by molar-refractivity contribution is 5.57. The maximum Gasteiger partial charge on any atom is 0.416 e. The molecular formula is C11H8F3N3. The topological polar surface area (TPSA) is 51.8 Å². The molecule has 0 spiro atoms. The van der Waals surface area contributed by atoms with Gasteiger partial charge in [-0.1, -0.05) is 12.1 Å². The summed E-state index contributed by atoms with van der Waals surface area (Å²) in [5.74, 6) is 0.392. The van der Waals surface area contributed by atoms with E-state index in [0.717, 1.165) is 12.1 Å². The third kappa shape index (κ3) is 2.52. The average Bonchev–Trinajstić information content (AvgIpc) is 2.28. The largest absolute Gasteiger partial charge is 0.416 e. The van der Waals surface area contributed by atoms with E-state index >= 15 is 0 Å². The summed E-state index contributed by atoms with van der Waals surface area (Å²) in [4.78, 5) is 7.74. The fraction of sp³-hybridized carbons (Fsp3) is 0.0909. The molecule has 0 amide bonds. The molecule has 88 valence electrons. The summed E-state index contributed by atoms with van der Waals surface area (Å²) in [6.07, 6.45) is -2.98. The Morgan fingerprint density at radius 1 is 1.12 bits per heavy atom. The molecule has 1 heterocycles. The highest BCUT2D eigenvalue weighted by Gasteiger charge is 2.30. The number of hydrogen-bond donors (Lipinski definition) is 1. The lowest BCUT2D eigenvalue weighted by molar-refractivity contribution is -0.137. The Bertz CT molecular complexity index is 537. The standard InChI is InChI=1S/C11H8F3N3/c12-11(13,14)8-3-1-2-7(6-8)10-16-5-4-9(15)17-10/h1-6H,(H2,15,16,17). The van der Waals surface area contributed by atoms with Gasteiger partial charge >= 0.3 is 6.18 Å². The number of halogens is 3. The quantitative estimate of drug-likeness (QED) is 0.832. The molecule has 0 unspecified atom stereocenters. The Labute approximate surface area is 95.1 Å². The van der Waals surface area contributed by atoms with E-state index < -0.39 is 11.7 Å². The van der Waals surface area contributed by atoms with Crippen molar-refractivity contribution in [2.45, 2.75) is 6.18 Å². The van der Waals surface area contributed by atoms with Crippen LogP contribution in [0.4, 0.5) is 19.0 Å². The summed E-state index contributed by atoms with van der Waals surface area (Å²) in [7, 11) is 0. The monoisotopic (exact) mass is 239 g/mol. The van der Waals surface area contributed by atoms with E-state index in [1.165, 1.54) is 24.4 Å². The smallest absolute Gasteiger partial charge is 0.384 e. The normalized spacial score (nSPS) is 11.5. The van der Waals surface area contributed by atoms with Crippen molar-refractivity contribution in [3.8, 4) is 11.4 Å². The second-order valence-electron chi connectivity index (χ2n) is 3.38. The van der Waals surface area contributed by atoms with Crippen molar-refractivity contribution in [2.24, 2.45) is 0 Å². The van der Waals surface area contributed by atoms with E-state index in [0.29, 0.717) is 0 Å². The van der Waals surface area contributed by atoms with Crippen LogP contribution in [0.3, 0.4) is 0 Å². The fourth-order valence-corrected chi connectivity index (χ4v) is 1.35. The van der Waals surface area contributed by atoms with Gasteiger partial charge in [0.05, 0.1) is 5.56 Å². The van der Waals surface area contributed by atoms with Crippen LogP contribution in [0.15, 0.2) is 36.5 Å². The molecule has 2 rings (SSSR count). The van der Waals surface area contributed by atoms with Gasteiger partial charge in [0.25, 0.3) is 0 Å². The number of hydrogen-bond acceptors (Lipinski definition) is 3. The van der Waals surface area contributed by atoms with Gasteiger partial charge in [-0.05, 0) is 18.2 Å². The second kappa shape index (κ2) is 4.04. The third-order valence-corrected chi connectivity index (χ3v) is 2.13. The number of rotatable bonds is 1. The summed E-state index contributed by atoms with van der Waals surface area (Å²) in [6.45, 7) is 0. The van der Waals surface area contributed by atoms with Gasteiger partial charge in [0.2, 0.25) is 0 Å². The zero-order valence-electron chi connectivity index (χ0n) is 8.57. The fourth-order valence-electron chi connectivity index (χ4n) is 1.35. The number of anilines is 1. The molecule has 0 radical (unpaired) electrons. The highest BCUT2D eigenvalue weighted by Crippen LogP contribution is 2.31. The molecule has 0 fully saturated rings. The summed E-state index contributed by atoms with van der Waals surface area (Å²) in [5, 5.41) is 0. The first-order valence-corrected chi connectivity index (χ1v) is 4.73. The molecule has 0 saturated carbocycles. The number of benzene rings is 1. The van der Waals surface area contributed by atoms with Crippen LogP contribution in [-0.2, 0) is 6.18 Å². The molecule has 0 aliphatic rings. The van der Waals surface area contributed by atoms with Gasteiger partial charge in [0.15, 0.2) is 5.82 Å². The first-order valence-electron chi connectivity index (χ1n) is 4.73. The van der Waals surface area contributed by atoms with Gasteiger partial charge in [0.1, 0.15) is 5.82 Å². The van der Waals surface area contributed by atoms with Crippen LogP contribution in [0.2, 0.25) is 0 Å².